The third-order valence-corrected chi connectivity index (χ3v) is 6.23. The maximum Gasteiger partial charge on any atom is 0.0689 e. The van der Waals surface area contributed by atoms with Crippen LogP contribution in [0.15, 0.2) is 12.2 Å². The molecule has 1 nitrogen and oxygen atoms in total. The van der Waals surface area contributed by atoms with E-state index in [0.29, 0.717) is 17.3 Å². The van der Waals surface area contributed by atoms with E-state index < -0.39 is 0 Å². The first-order chi connectivity index (χ1) is 7.59. The Morgan fingerprint density at radius 2 is 2.06 bits per heavy atom. The molecule has 4 aliphatic carbocycles. The molecule has 3 bridgehead atoms. The van der Waals surface area contributed by atoms with Gasteiger partial charge in [0.1, 0.15) is 0 Å². The van der Waals surface area contributed by atoms with Crippen molar-refractivity contribution in [2.45, 2.75) is 51.0 Å². The van der Waals surface area contributed by atoms with E-state index in [2.05, 4.69) is 19.1 Å². The van der Waals surface area contributed by atoms with Gasteiger partial charge in [-0.3, -0.25) is 0 Å². The summed E-state index contributed by atoms with van der Waals surface area (Å²) in [5.41, 5.74) is 0.101. The van der Waals surface area contributed by atoms with Crippen LogP contribution in [0, 0.1) is 29.1 Å². The highest BCUT2D eigenvalue weighted by molar-refractivity contribution is 5.18. The predicted octanol–water partition coefficient (Wildman–Crippen LogP) is 3.14. The molecule has 1 N–H and O–H groups in total. The lowest BCUT2D eigenvalue weighted by Gasteiger charge is -2.53. The second-order valence-corrected chi connectivity index (χ2v) is 7.27. The summed E-state index contributed by atoms with van der Waals surface area (Å²) in [5, 5.41) is 11.0. The van der Waals surface area contributed by atoms with Gasteiger partial charge in [0.05, 0.1) is 5.60 Å². The van der Waals surface area contributed by atoms with Crippen LogP contribution in [0.25, 0.3) is 0 Å². The third-order valence-electron chi connectivity index (χ3n) is 6.23. The van der Waals surface area contributed by atoms with Gasteiger partial charge in [0.2, 0.25) is 0 Å². The molecule has 4 aliphatic rings. The first kappa shape index (κ1) is 9.70. The molecule has 4 rings (SSSR count). The minimum Gasteiger partial charge on any atom is -0.390 e. The second-order valence-electron chi connectivity index (χ2n) is 7.27. The Bertz CT molecular complexity index is 360. The Morgan fingerprint density at radius 3 is 2.81 bits per heavy atom. The molecule has 0 aromatic heterocycles. The van der Waals surface area contributed by atoms with Crippen molar-refractivity contribution in [3.05, 3.63) is 12.2 Å². The summed E-state index contributed by atoms with van der Waals surface area (Å²) < 4.78 is 0. The summed E-state index contributed by atoms with van der Waals surface area (Å²) in [7, 11) is 0. The van der Waals surface area contributed by atoms with Crippen molar-refractivity contribution in [3.63, 3.8) is 0 Å². The standard InChI is InChI=1S/C15H22O/c1-14-7-10-2-4-12(14)6-11-3-5-13(11)15(16,8-10)9-14/h2,4,10-13,16H,3,5-9H2,1H3/t10-,11+,12+,13+,14+,15+/m0/s1. The van der Waals surface area contributed by atoms with Crippen molar-refractivity contribution in [1.82, 2.24) is 0 Å². The Hall–Kier alpha value is -0.300. The Morgan fingerprint density at radius 1 is 1.19 bits per heavy atom. The average Bonchev–Trinajstić information content (AvgIpc) is 2.13. The molecule has 0 spiro atoms. The molecule has 16 heavy (non-hydrogen) atoms. The van der Waals surface area contributed by atoms with Gasteiger partial charge in [0.25, 0.3) is 0 Å². The van der Waals surface area contributed by atoms with Crippen LogP contribution in [-0.2, 0) is 0 Å². The van der Waals surface area contributed by atoms with E-state index in [-0.39, 0.29) is 5.60 Å². The summed E-state index contributed by atoms with van der Waals surface area (Å²) in [6.07, 6.45) is 12.4. The molecule has 0 saturated heterocycles. The van der Waals surface area contributed by atoms with Crippen molar-refractivity contribution in [2.24, 2.45) is 29.1 Å². The zero-order valence-corrected chi connectivity index (χ0v) is 10.2. The minimum atomic E-state index is -0.305. The quantitative estimate of drug-likeness (QED) is 0.619. The van der Waals surface area contributed by atoms with Gasteiger partial charge in [-0.2, -0.15) is 0 Å². The Kier molecular flexibility index (Phi) is 1.66. The SMILES string of the molecule is C[C@]12C[C@@H]3C=C[C@@H]1C[C@H]1CC[C@H]1[C@@](O)(C3)C2. The molecular weight excluding hydrogens is 196 g/mol. The topological polar surface area (TPSA) is 20.2 Å². The molecule has 0 radical (unpaired) electrons. The molecule has 0 aromatic rings. The van der Waals surface area contributed by atoms with Crippen molar-refractivity contribution < 1.29 is 5.11 Å². The summed E-state index contributed by atoms with van der Waals surface area (Å²) in [6.45, 7) is 2.43. The van der Waals surface area contributed by atoms with Crippen molar-refractivity contribution >= 4 is 0 Å². The number of rotatable bonds is 0. The number of hydrogen-bond acceptors (Lipinski definition) is 1. The van der Waals surface area contributed by atoms with E-state index in [1.807, 2.05) is 0 Å². The van der Waals surface area contributed by atoms with Crippen molar-refractivity contribution in [2.75, 3.05) is 0 Å². The van der Waals surface area contributed by atoms with Crippen LogP contribution in [0.5, 0.6) is 0 Å². The molecule has 3 fully saturated rings. The van der Waals surface area contributed by atoms with Crippen molar-refractivity contribution in [1.29, 1.82) is 0 Å². The highest BCUT2D eigenvalue weighted by atomic mass is 16.3. The maximum absolute atomic E-state index is 11.0. The van der Waals surface area contributed by atoms with Crippen LogP contribution in [0.4, 0.5) is 0 Å². The molecule has 0 aromatic carbocycles. The Balaban J connectivity index is 1.84. The van der Waals surface area contributed by atoms with Crippen LogP contribution >= 0.6 is 0 Å². The highest BCUT2D eigenvalue weighted by Crippen LogP contribution is 2.63. The summed E-state index contributed by atoms with van der Waals surface area (Å²) >= 11 is 0. The average molecular weight is 218 g/mol. The van der Waals surface area contributed by atoms with Crippen molar-refractivity contribution in [3.8, 4) is 0 Å². The van der Waals surface area contributed by atoms with Crippen LogP contribution in [0.2, 0.25) is 0 Å². The summed E-state index contributed by atoms with van der Waals surface area (Å²) in [4.78, 5) is 0. The first-order valence-electron chi connectivity index (χ1n) is 7.00. The first-order valence-corrected chi connectivity index (χ1v) is 7.00. The third kappa shape index (κ3) is 1.06. The van der Waals surface area contributed by atoms with Gasteiger partial charge in [-0.25, -0.2) is 0 Å². The largest absolute Gasteiger partial charge is 0.390 e. The van der Waals surface area contributed by atoms with Crippen LogP contribution in [-0.4, -0.2) is 10.7 Å². The Labute approximate surface area is 97.9 Å². The maximum atomic E-state index is 11.0. The monoisotopic (exact) mass is 218 g/mol. The normalized spacial score (nSPS) is 62.4. The van der Waals surface area contributed by atoms with E-state index in [1.54, 1.807) is 0 Å². The number of fused-ring (bicyclic) bond motifs is 4. The molecule has 88 valence electrons. The summed E-state index contributed by atoms with van der Waals surface area (Å²) in [6, 6.07) is 0. The zero-order valence-electron chi connectivity index (χ0n) is 10.2. The molecule has 0 amide bonds. The van der Waals surface area contributed by atoms with E-state index in [9.17, 15) is 5.11 Å². The fraction of sp³-hybridized carbons (Fsp3) is 0.867. The number of hydrogen-bond donors (Lipinski definition) is 1. The van der Waals surface area contributed by atoms with E-state index in [0.717, 1.165) is 24.7 Å². The predicted molar refractivity (Wildman–Crippen MR) is 63.9 cm³/mol. The number of allylic oxidation sites excluding steroid dienone is 2. The molecule has 3 saturated carbocycles. The minimum absolute atomic E-state index is 0.305. The molecule has 1 heteroatoms. The van der Waals surface area contributed by atoms with Gasteiger partial charge < -0.3 is 5.11 Å². The molecule has 0 heterocycles. The molecule has 0 aliphatic heterocycles. The lowest BCUT2D eigenvalue weighted by atomic mass is 9.55. The van der Waals surface area contributed by atoms with Crippen LogP contribution in [0.3, 0.4) is 0 Å². The van der Waals surface area contributed by atoms with E-state index in [4.69, 9.17) is 0 Å². The van der Waals surface area contributed by atoms with Crippen LogP contribution < -0.4 is 0 Å². The molecular formula is C15H22O. The van der Waals surface area contributed by atoms with Gasteiger partial charge in [0, 0.05) is 0 Å². The van der Waals surface area contributed by atoms with Gasteiger partial charge in [-0.1, -0.05) is 19.1 Å². The van der Waals surface area contributed by atoms with Gasteiger partial charge in [0.15, 0.2) is 0 Å². The van der Waals surface area contributed by atoms with Gasteiger partial charge >= 0.3 is 0 Å². The van der Waals surface area contributed by atoms with Gasteiger partial charge in [-0.05, 0) is 67.6 Å². The smallest absolute Gasteiger partial charge is 0.0689 e. The van der Waals surface area contributed by atoms with E-state index >= 15 is 0 Å². The fourth-order valence-corrected chi connectivity index (χ4v) is 5.44. The van der Waals surface area contributed by atoms with Crippen LogP contribution in [0.1, 0.15) is 45.4 Å². The fourth-order valence-electron chi connectivity index (χ4n) is 5.44. The molecule has 0 unspecified atom stereocenters. The zero-order chi connectivity index (χ0) is 11.0. The number of aliphatic hydroxyl groups is 1. The summed E-state index contributed by atoms with van der Waals surface area (Å²) in [5.74, 6) is 2.89. The van der Waals surface area contributed by atoms with Gasteiger partial charge in [-0.15, -0.1) is 0 Å². The lowest BCUT2D eigenvalue weighted by Crippen LogP contribution is -2.52. The highest BCUT2D eigenvalue weighted by Gasteiger charge is 2.59. The lowest BCUT2D eigenvalue weighted by molar-refractivity contribution is -0.127. The molecule has 6 atom stereocenters. The second kappa shape index (κ2) is 2.75. The van der Waals surface area contributed by atoms with E-state index in [1.165, 1.54) is 25.7 Å².